The number of pyridine rings is 3. The Kier molecular flexibility index (Phi) is 5.70. The van der Waals surface area contributed by atoms with E-state index in [1.165, 1.54) is 12.4 Å². The zero-order valence-electron chi connectivity index (χ0n) is 15.9. The fraction of sp³-hybridized carbons (Fsp3) is 0.0435. The predicted molar refractivity (Wildman–Crippen MR) is 114 cm³/mol. The summed E-state index contributed by atoms with van der Waals surface area (Å²) >= 11 is 0. The summed E-state index contributed by atoms with van der Waals surface area (Å²) in [7, 11) is 0. The number of rotatable bonds is 6. The van der Waals surface area contributed by atoms with Crippen molar-refractivity contribution in [1.82, 2.24) is 15.0 Å². The molecule has 0 aliphatic carbocycles. The van der Waals surface area contributed by atoms with Gasteiger partial charge in [0.15, 0.2) is 0 Å². The maximum atomic E-state index is 12.8. The van der Waals surface area contributed by atoms with Gasteiger partial charge in [0.05, 0.1) is 11.9 Å². The highest BCUT2D eigenvalue weighted by atomic mass is 19.1. The average Bonchev–Trinajstić information content (AvgIpc) is 2.81. The van der Waals surface area contributed by atoms with Crippen LogP contribution in [0.5, 0.6) is 0 Å². The number of nitrogens with zero attached hydrogens (tertiary/aromatic N) is 3. The van der Waals surface area contributed by atoms with Crippen LogP contribution in [0.4, 0.5) is 21.7 Å². The molecular weight excluding hydrogens is 381 g/mol. The van der Waals surface area contributed by atoms with E-state index in [9.17, 15) is 9.18 Å². The average molecular weight is 399 g/mol. The number of carbonyl (C=O) groups is 1. The van der Waals surface area contributed by atoms with Crippen molar-refractivity contribution < 1.29 is 9.18 Å². The Labute approximate surface area is 172 Å². The number of hydrogen-bond acceptors (Lipinski definition) is 5. The molecule has 7 heteroatoms. The number of anilines is 3. The van der Waals surface area contributed by atoms with Gasteiger partial charge in [-0.05, 0) is 29.8 Å². The van der Waals surface area contributed by atoms with Gasteiger partial charge in [0.2, 0.25) is 0 Å². The molecule has 0 saturated heterocycles. The molecule has 4 aromatic rings. The number of amides is 1. The van der Waals surface area contributed by atoms with Crippen LogP contribution in [-0.2, 0) is 6.67 Å². The topological polar surface area (TPSA) is 79.8 Å². The van der Waals surface area contributed by atoms with Crippen LogP contribution in [0.2, 0.25) is 0 Å². The molecule has 0 radical (unpaired) electrons. The lowest BCUT2D eigenvalue weighted by Crippen LogP contribution is -2.13. The van der Waals surface area contributed by atoms with Crippen molar-refractivity contribution >= 4 is 23.2 Å². The Hall–Kier alpha value is -4.13. The molecule has 0 aliphatic rings. The minimum absolute atomic E-state index is 0.286. The third kappa shape index (κ3) is 4.47. The van der Waals surface area contributed by atoms with Crippen molar-refractivity contribution in [3.8, 4) is 11.1 Å². The zero-order valence-corrected chi connectivity index (χ0v) is 15.9. The summed E-state index contributed by atoms with van der Waals surface area (Å²) in [6.45, 7) is -0.569. The fourth-order valence-electron chi connectivity index (χ4n) is 2.91. The number of alkyl halides is 1. The van der Waals surface area contributed by atoms with E-state index in [1.54, 1.807) is 36.7 Å². The molecule has 1 amide bonds. The second-order valence-corrected chi connectivity index (χ2v) is 6.48. The minimum Gasteiger partial charge on any atom is -0.325 e. The Morgan fingerprint density at radius 2 is 1.77 bits per heavy atom. The van der Waals surface area contributed by atoms with Crippen LogP contribution in [-0.4, -0.2) is 20.9 Å². The molecule has 0 aliphatic heterocycles. The van der Waals surface area contributed by atoms with Crippen LogP contribution < -0.4 is 10.6 Å². The van der Waals surface area contributed by atoms with Gasteiger partial charge in [-0.15, -0.1) is 0 Å². The van der Waals surface area contributed by atoms with E-state index in [0.717, 1.165) is 11.1 Å². The second kappa shape index (κ2) is 8.91. The van der Waals surface area contributed by atoms with Crippen LogP contribution in [0.3, 0.4) is 0 Å². The molecule has 6 nitrogen and oxygen atoms in total. The Morgan fingerprint density at radius 1 is 0.900 bits per heavy atom. The van der Waals surface area contributed by atoms with Gasteiger partial charge in [-0.2, -0.15) is 0 Å². The van der Waals surface area contributed by atoms with E-state index < -0.39 is 6.67 Å². The van der Waals surface area contributed by atoms with Crippen molar-refractivity contribution in [1.29, 1.82) is 0 Å². The van der Waals surface area contributed by atoms with Gasteiger partial charge >= 0.3 is 0 Å². The van der Waals surface area contributed by atoms with Crippen LogP contribution in [0.1, 0.15) is 15.9 Å². The van der Waals surface area contributed by atoms with E-state index in [-0.39, 0.29) is 5.91 Å². The molecule has 0 atom stereocenters. The van der Waals surface area contributed by atoms with Gasteiger partial charge in [0, 0.05) is 35.3 Å². The largest absolute Gasteiger partial charge is 0.325 e. The van der Waals surface area contributed by atoms with E-state index >= 15 is 0 Å². The van der Waals surface area contributed by atoms with E-state index in [4.69, 9.17) is 0 Å². The van der Waals surface area contributed by atoms with Gasteiger partial charge in [-0.1, -0.05) is 36.4 Å². The van der Waals surface area contributed by atoms with Gasteiger partial charge in [-0.3, -0.25) is 9.78 Å². The van der Waals surface area contributed by atoms with Crippen LogP contribution in [0.25, 0.3) is 11.1 Å². The number of benzene rings is 1. The molecule has 0 spiro atoms. The first-order chi connectivity index (χ1) is 14.7. The molecule has 4 rings (SSSR count). The normalized spacial score (nSPS) is 10.4. The summed E-state index contributed by atoms with van der Waals surface area (Å²) in [5.74, 6) is 0.680. The van der Waals surface area contributed by atoms with Crippen molar-refractivity contribution in [3.05, 3.63) is 96.6 Å². The van der Waals surface area contributed by atoms with Crippen LogP contribution in [0, 0.1) is 0 Å². The summed E-state index contributed by atoms with van der Waals surface area (Å²) in [6.07, 6.45) is 6.30. The van der Waals surface area contributed by atoms with E-state index in [1.807, 2.05) is 36.4 Å². The highest BCUT2D eigenvalue weighted by Crippen LogP contribution is 2.27. The lowest BCUT2D eigenvalue weighted by molar-refractivity contribution is 0.102. The van der Waals surface area contributed by atoms with Gasteiger partial charge < -0.3 is 10.6 Å². The summed E-state index contributed by atoms with van der Waals surface area (Å²) < 4.78 is 12.6. The van der Waals surface area contributed by atoms with Gasteiger partial charge in [0.1, 0.15) is 18.3 Å². The van der Waals surface area contributed by atoms with Crippen molar-refractivity contribution in [2.75, 3.05) is 10.6 Å². The fourth-order valence-corrected chi connectivity index (χ4v) is 2.91. The van der Waals surface area contributed by atoms with E-state index in [2.05, 4.69) is 25.6 Å². The third-order valence-corrected chi connectivity index (χ3v) is 4.41. The van der Waals surface area contributed by atoms with Crippen molar-refractivity contribution in [2.24, 2.45) is 0 Å². The molecular formula is C23H18FN5O. The molecule has 0 unspecified atom stereocenters. The van der Waals surface area contributed by atoms with Crippen LogP contribution in [0.15, 0.2) is 85.5 Å². The van der Waals surface area contributed by atoms with Crippen molar-refractivity contribution in [2.45, 2.75) is 6.67 Å². The highest BCUT2D eigenvalue weighted by Gasteiger charge is 2.12. The van der Waals surface area contributed by atoms with Gasteiger partial charge in [-0.25, -0.2) is 14.4 Å². The number of carbonyl (C=O) groups excluding carboxylic acids is 1. The second-order valence-electron chi connectivity index (χ2n) is 6.48. The predicted octanol–water partition coefficient (Wildman–Crippen LogP) is 5.00. The minimum atomic E-state index is -0.569. The monoisotopic (exact) mass is 399 g/mol. The lowest BCUT2D eigenvalue weighted by atomic mass is 10.1. The molecule has 2 N–H and O–H groups in total. The molecule has 148 valence electrons. The molecule has 30 heavy (non-hydrogen) atoms. The Bertz CT molecular complexity index is 1150. The first-order valence-corrected chi connectivity index (χ1v) is 9.28. The molecule has 3 heterocycles. The smallest absolute Gasteiger partial charge is 0.255 e. The zero-order chi connectivity index (χ0) is 20.8. The summed E-state index contributed by atoms with van der Waals surface area (Å²) in [5.41, 5.74) is 3.39. The molecule has 0 saturated carbocycles. The maximum absolute atomic E-state index is 12.8. The maximum Gasteiger partial charge on any atom is 0.255 e. The first-order valence-electron chi connectivity index (χ1n) is 9.28. The quantitative estimate of drug-likeness (QED) is 0.477. The summed E-state index contributed by atoms with van der Waals surface area (Å²) in [5, 5.41) is 5.93. The first kappa shape index (κ1) is 19.2. The third-order valence-electron chi connectivity index (χ3n) is 4.41. The number of hydrogen-bond donors (Lipinski definition) is 2. The molecule has 1 aromatic carbocycles. The summed E-state index contributed by atoms with van der Waals surface area (Å²) in [6, 6.07) is 18.2. The SMILES string of the molecule is O=C(Nc1cnccc1-c1ccccc1)c1ccnc(Nc2ccc(CF)cn2)c1. The van der Waals surface area contributed by atoms with Crippen molar-refractivity contribution in [3.63, 3.8) is 0 Å². The highest BCUT2D eigenvalue weighted by molar-refractivity contribution is 6.06. The summed E-state index contributed by atoms with van der Waals surface area (Å²) in [4.78, 5) is 25.3. The van der Waals surface area contributed by atoms with Gasteiger partial charge in [0.25, 0.3) is 5.91 Å². The Balaban J connectivity index is 1.53. The molecule has 3 aromatic heterocycles. The number of nitrogens with one attached hydrogen (secondary N) is 2. The lowest BCUT2D eigenvalue weighted by Gasteiger charge is -2.11. The molecule has 0 bridgehead atoms. The number of aromatic nitrogens is 3. The van der Waals surface area contributed by atoms with E-state index in [0.29, 0.717) is 28.5 Å². The Morgan fingerprint density at radius 3 is 2.53 bits per heavy atom. The molecule has 0 fully saturated rings. The van der Waals surface area contributed by atoms with Crippen LogP contribution >= 0.6 is 0 Å². The standard InChI is InChI=1S/C23H18FN5O/c24-13-16-6-7-21(27-14-16)29-22-12-18(8-11-26-22)23(30)28-20-15-25-10-9-19(20)17-4-2-1-3-5-17/h1-12,14-15H,13H2,(H,28,30)(H,26,27,29). The number of halogens is 1.